The zero-order valence-electron chi connectivity index (χ0n) is 12.8. The summed E-state index contributed by atoms with van der Waals surface area (Å²) >= 11 is 4.99. The average molecular weight is 294 g/mol. The Morgan fingerprint density at radius 3 is 2.40 bits per heavy atom. The number of anilines is 1. The number of thiocarbonyl (C=S) groups is 1. The van der Waals surface area contributed by atoms with E-state index < -0.39 is 0 Å². The Bertz CT molecular complexity index is 418. The molecule has 0 aliphatic carbocycles. The van der Waals surface area contributed by atoms with Crippen molar-refractivity contribution in [1.82, 2.24) is 9.88 Å². The van der Waals surface area contributed by atoms with E-state index >= 15 is 0 Å². The van der Waals surface area contributed by atoms with Gasteiger partial charge in [0.15, 0.2) is 0 Å². The fraction of sp³-hybridized carbons (Fsp3) is 0.600. The summed E-state index contributed by atoms with van der Waals surface area (Å²) in [6, 6.07) is 5.84. The zero-order chi connectivity index (χ0) is 15.0. The SMILES string of the molecule is CCN(CC)CCCN(CC)c1cccc(C(N)=S)n1. The molecule has 0 spiro atoms. The second-order valence-corrected chi connectivity index (χ2v) is 5.15. The fourth-order valence-electron chi connectivity index (χ4n) is 2.20. The summed E-state index contributed by atoms with van der Waals surface area (Å²) in [5.74, 6) is 0.956. The molecule has 1 heterocycles. The molecule has 20 heavy (non-hydrogen) atoms. The second kappa shape index (κ2) is 8.87. The third-order valence-corrected chi connectivity index (χ3v) is 3.70. The van der Waals surface area contributed by atoms with Crippen LogP contribution in [0.1, 0.15) is 32.9 Å². The van der Waals surface area contributed by atoms with Crippen LogP contribution in [0.4, 0.5) is 5.82 Å². The standard InChI is InChI=1S/C15H26N4S/c1-4-18(5-2)11-8-12-19(6-3)14-10-7-9-13(17-14)15(16)20/h7,9-10H,4-6,8,11-12H2,1-3H3,(H2,16,20). The van der Waals surface area contributed by atoms with Gasteiger partial charge >= 0.3 is 0 Å². The van der Waals surface area contributed by atoms with Crippen LogP contribution in [-0.4, -0.2) is 47.6 Å². The third kappa shape index (κ3) is 5.06. The molecule has 0 bridgehead atoms. The first-order valence-corrected chi connectivity index (χ1v) is 7.77. The summed E-state index contributed by atoms with van der Waals surface area (Å²) in [7, 11) is 0. The van der Waals surface area contributed by atoms with E-state index in [1.807, 2.05) is 18.2 Å². The van der Waals surface area contributed by atoms with Crippen LogP contribution in [0, 0.1) is 0 Å². The Morgan fingerprint density at radius 1 is 1.15 bits per heavy atom. The molecule has 0 radical (unpaired) electrons. The van der Waals surface area contributed by atoms with Crippen molar-refractivity contribution in [2.75, 3.05) is 37.6 Å². The lowest BCUT2D eigenvalue weighted by atomic mass is 10.3. The van der Waals surface area contributed by atoms with Gasteiger partial charge in [-0.1, -0.05) is 32.1 Å². The maximum absolute atomic E-state index is 5.64. The monoisotopic (exact) mass is 294 g/mol. The van der Waals surface area contributed by atoms with Crippen molar-refractivity contribution in [1.29, 1.82) is 0 Å². The molecule has 4 nitrogen and oxygen atoms in total. The maximum Gasteiger partial charge on any atom is 0.129 e. The Hall–Kier alpha value is -1.20. The van der Waals surface area contributed by atoms with Gasteiger partial charge in [0.1, 0.15) is 10.8 Å². The van der Waals surface area contributed by atoms with Gasteiger partial charge in [-0.15, -0.1) is 0 Å². The molecule has 0 aromatic carbocycles. The first-order valence-electron chi connectivity index (χ1n) is 7.36. The van der Waals surface area contributed by atoms with E-state index in [0.717, 1.165) is 45.0 Å². The van der Waals surface area contributed by atoms with Crippen LogP contribution in [0.5, 0.6) is 0 Å². The molecule has 2 N–H and O–H groups in total. The number of hydrogen-bond donors (Lipinski definition) is 1. The minimum Gasteiger partial charge on any atom is -0.388 e. The molecule has 0 amide bonds. The normalized spacial score (nSPS) is 10.8. The second-order valence-electron chi connectivity index (χ2n) is 4.71. The topological polar surface area (TPSA) is 45.4 Å². The summed E-state index contributed by atoms with van der Waals surface area (Å²) in [5, 5.41) is 0. The van der Waals surface area contributed by atoms with Gasteiger partial charge in [-0.05, 0) is 45.1 Å². The smallest absolute Gasteiger partial charge is 0.129 e. The largest absolute Gasteiger partial charge is 0.388 e. The minimum atomic E-state index is 0.353. The molecule has 1 rings (SSSR count). The van der Waals surface area contributed by atoms with Gasteiger partial charge in [-0.25, -0.2) is 4.98 Å². The van der Waals surface area contributed by atoms with Crippen LogP contribution >= 0.6 is 12.2 Å². The number of nitrogens with zero attached hydrogens (tertiary/aromatic N) is 3. The van der Waals surface area contributed by atoms with Crippen LogP contribution in [0.15, 0.2) is 18.2 Å². The van der Waals surface area contributed by atoms with Gasteiger partial charge in [0.05, 0.1) is 5.69 Å². The summed E-state index contributed by atoms with van der Waals surface area (Å²) in [5.41, 5.74) is 6.34. The van der Waals surface area contributed by atoms with Crippen molar-refractivity contribution in [2.24, 2.45) is 5.73 Å². The van der Waals surface area contributed by atoms with Crippen molar-refractivity contribution in [2.45, 2.75) is 27.2 Å². The summed E-state index contributed by atoms with van der Waals surface area (Å²) < 4.78 is 0. The van der Waals surface area contributed by atoms with Crippen LogP contribution in [-0.2, 0) is 0 Å². The molecule has 5 heteroatoms. The molecule has 0 unspecified atom stereocenters. The summed E-state index contributed by atoms with van der Waals surface area (Å²) in [4.78, 5) is 9.59. The summed E-state index contributed by atoms with van der Waals surface area (Å²) in [6.45, 7) is 11.8. The van der Waals surface area contributed by atoms with Crippen LogP contribution < -0.4 is 10.6 Å². The molecule has 0 atom stereocenters. The lowest BCUT2D eigenvalue weighted by Crippen LogP contribution is -2.30. The van der Waals surface area contributed by atoms with Gasteiger partial charge < -0.3 is 15.5 Å². The molecule has 1 aromatic heterocycles. The average Bonchev–Trinajstić information content (AvgIpc) is 2.48. The number of pyridine rings is 1. The van der Waals surface area contributed by atoms with E-state index in [2.05, 4.69) is 35.6 Å². The Morgan fingerprint density at radius 2 is 1.85 bits per heavy atom. The molecule has 0 fully saturated rings. The van der Waals surface area contributed by atoms with E-state index in [0.29, 0.717) is 10.7 Å². The van der Waals surface area contributed by atoms with Gasteiger partial charge in [0.25, 0.3) is 0 Å². The van der Waals surface area contributed by atoms with Crippen LogP contribution in [0.2, 0.25) is 0 Å². The Balaban J connectivity index is 2.62. The molecule has 0 aliphatic rings. The summed E-state index contributed by atoms with van der Waals surface area (Å²) in [6.07, 6.45) is 1.13. The highest BCUT2D eigenvalue weighted by molar-refractivity contribution is 7.80. The maximum atomic E-state index is 5.64. The van der Waals surface area contributed by atoms with Crippen molar-refractivity contribution < 1.29 is 0 Å². The van der Waals surface area contributed by atoms with E-state index in [1.165, 1.54) is 0 Å². The van der Waals surface area contributed by atoms with E-state index in [-0.39, 0.29) is 0 Å². The van der Waals surface area contributed by atoms with Crippen LogP contribution in [0.3, 0.4) is 0 Å². The minimum absolute atomic E-state index is 0.353. The van der Waals surface area contributed by atoms with E-state index in [4.69, 9.17) is 18.0 Å². The number of nitrogens with two attached hydrogens (primary N) is 1. The third-order valence-electron chi connectivity index (χ3n) is 3.49. The first-order chi connectivity index (χ1) is 9.62. The van der Waals surface area contributed by atoms with Crippen molar-refractivity contribution >= 4 is 23.0 Å². The highest BCUT2D eigenvalue weighted by Gasteiger charge is 2.08. The molecule has 0 saturated heterocycles. The quantitative estimate of drug-likeness (QED) is 0.708. The van der Waals surface area contributed by atoms with Gasteiger partial charge in [-0.3, -0.25) is 0 Å². The highest BCUT2D eigenvalue weighted by atomic mass is 32.1. The van der Waals surface area contributed by atoms with Gasteiger partial charge in [0.2, 0.25) is 0 Å². The Kier molecular flexibility index (Phi) is 7.47. The van der Waals surface area contributed by atoms with E-state index in [9.17, 15) is 0 Å². The van der Waals surface area contributed by atoms with Crippen LogP contribution in [0.25, 0.3) is 0 Å². The highest BCUT2D eigenvalue weighted by Crippen LogP contribution is 2.12. The molecule has 0 saturated carbocycles. The predicted molar refractivity (Wildman–Crippen MR) is 90.4 cm³/mol. The fourth-order valence-corrected chi connectivity index (χ4v) is 2.31. The van der Waals surface area contributed by atoms with Gasteiger partial charge in [-0.2, -0.15) is 0 Å². The van der Waals surface area contributed by atoms with Crippen molar-refractivity contribution in [3.63, 3.8) is 0 Å². The Labute approximate surface area is 128 Å². The lowest BCUT2D eigenvalue weighted by Gasteiger charge is -2.24. The first kappa shape index (κ1) is 16.9. The number of hydrogen-bond acceptors (Lipinski definition) is 4. The predicted octanol–water partition coefficient (Wildman–Crippen LogP) is 2.27. The van der Waals surface area contributed by atoms with E-state index in [1.54, 1.807) is 0 Å². The molecule has 1 aromatic rings. The molecule has 0 aliphatic heterocycles. The molecular weight excluding hydrogens is 268 g/mol. The zero-order valence-corrected chi connectivity index (χ0v) is 13.6. The molecular formula is C15H26N4S. The number of aromatic nitrogens is 1. The van der Waals surface area contributed by atoms with Gasteiger partial charge in [0, 0.05) is 13.1 Å². The van der Waals surface area contributed by atoms with Crippen molar-refractivity contribution in [3.05, 3.63) is 23.9 Å². The lowest BCUT2D eigenvalue weighted by molar-refractivity contribution is 0.300. The molecule has 112 valence electrons. The van der Waals surface area contributed by atoms with Crippen molar-refractivity contribution in [3.8, 4) is 0 Å². The number of rotatable bonds is 9.